The van der Waals surface area contributed by atoms with Crippen molar-refractivity contribution in [3.63, 3.8) is 0 Å². The standard InChI is InChI=1S/C7H11NO2/c1-10-7(9)5-3-2-4-6(5)8/h2,4-6H,3,8H2,1H3. The molecule has 0 radical (unpaired) electrons. The second-order valence-electron chi connectivity index (χ2n) is 2.37. The monoisotopic (exact) mass is 141 g/mol. The van der Waals surface area contributed by atoms with Gasteiger partial charge in [-0.25, -0.2) is 0 Å². The van der Waals surface area contributed by atoms with Gasteiger partial charge >= 0.3 is 5.97 Å². The van der Waals surface area contributed by atoms with E-state index in [1.165, 1.54) is 7.11 Å². The fourth-order valence-corrected chi connectivity index (χ4v) is 1.08. The average molecular weight is 141 g/mol. The molecule has 2 atom stereocenters. The number of rotatable bonds is 1. The van der Waals surface area contributed by atoms with Crippen molar-refractivity contribution in [1.29, 1.82) is 0 Å². The van der Waals surface area contributed by atoms with E-state index in [9.17, 15) is 4.79 Å². The second kappa shape index (κ2) is 2.84. The van der Waals surface area contributed by atoms with Crippen LogP contribution in [0.2, 0.25) is 0 Å². The summed E-state index contributed by atoms with van der Waals surface area (Å²) in [6, 6.07) is -0.146. The van der Waals surface area contributed by atoms with Gasteiger partial charge in [0.05, 0.1) is 13.0 Å². The molecule has 0 aromatic rings. The number of methoxy groups -OCH3 is 1. The van der Waals surface area contributed by atoms with E-state index in [0.29, 0.717) is 6.42 Å². The summed E-state index contributed by atoms with van der Waals surface area (Å²) in [4.78, 5) is 10.9. The van der Waals surface area contributed by atoms with E-state index in [1.54, 1.807) is 0 Å². The summed E-state index contributed by atoms with van der Waals surface area (Å²) in [5, 5.41) is 0. The summed E-state index contributed by atoms with van der Waals surface area (Å²) in [7, 11) is 1.38. The Labute approximate surface area is 59.8 Å². The van der Waals surface area contributed by atoms with Crippen LogP contribution in [0.3, 0.4) is 0 Å². The fraction of sp³-hybridized carbons (Fsp3) is 0.571. The van der Waals surface area contributed by atoms with Crippen LogP contribution in [0.5, 0.6) is 0 Å². The highest BCUT2D eigenvalue weighted by molar-refractivity contribution is 5.74. The molecule has 2 N–H and O–H groups in total. The maximum absolute atomic E-state index is 10.9. The third-order valence-electron chi connectivity index (χ3n) is 1.72. The Bertz CT molecular complexity index is 165. The minimum absolute atomic E-state index is 0.146. The van der Waals surface area contributed by atoms with Gasteiger partial charge < -0.3 is 10.5 Å². The smallest absolute Gasteiger partial charge is 0.310 e. The van der Waals surface area contributed by atoms with E-state index in [2.05, 4.69) is 4.74 Å². The molecule has 0 saturated heterocycles. The maximum atomic E-state index is 10.9. The summed E-state index contributed by atoms with van der Waals surface area (Å²) in [6.45, 7) is 0. The number of carbonyl (C=O) groups is 1. The van der Waals surface area contributed by atoms with E-state index in [1.807, 2.05) is 12.2 Å². The van der Waals surface area contributed by atoms with Crippen molar-refractivity contribution in [1.82, 2.24) is 0 Å². The van der Waals surface area contributed by atoms with Gasteiger partial charge in [-0.1, -0.05) is 12.2 Å². The van der Waals surface area contributed by atoms with Crippen molar-refractivity contribution in [3.05, 3.63) is 12.2 Å². The largest absolute Gasteiger partial charge is 0.469 e. The molecule has 1 rings (SSSR count). The first-order valence-electron chi connectivity index (χ1n) is 3.26. The quantitative estimate of drug-likeness (QED) is 0.415. The van der Waals surface area contributed by atoms with Gasteiger partial charge in [0.1, 0.15) is 0 Å². The minimum Gasteiger partial charge on any atom is -0.469 e. The first-order chi connectivity index (χ1) is 4.75. The first-order valence-corrected chi connectivity index (χ1v) is 3.26. The van der Waals surface area contributed by atoms with Crippen LogP contribution in [0, 0.1) is 5.92 Å². The average Bonchev–Trinajstić information content (AvgIpc) is 2.34. The highest BCUT2D eigenvalue weighted by Crippen LogP contribution is 2.17. The lowest BCUT2D eigenvalue weighted by Crippen LogP contribution is -2.31. The normalized spacial score (nSPS) is 30.6. The zero-order chi connectivity index (χ0) is 7.56. The van der Waals surface area contributed by atoms with Gasteiger partial charge in [-0.15, -0.1) is 0 Å². The van der Waals surface area contributed by atoms with Gasteiger partial charge in [-0.3, -0.25) is 4.79 Å². The topological polar surface area (TPSA) is 52.3 Å². The number of esters is 1. The molecule has 10 heavy (non-hydrogen) atoms. The molecule has 0 heterocycles. The predicted molar refractivity (Wildman–Crippen MR) is 37.2 cm³/mol. The molecule has 0 bridgehead atoms. The van der Waals surface area contributed by atoms with Crippen LogP contribution in [0.25, 0.3) is 0 Å². The molecular formula is C7H11NO2. The van der Waals surface area contributed by atoms with Crippen molar-refractivity contribution in [2.45, 2.75) is 12.5 Å². The summed E-state index contributed by atoms with van der Waals surface area (Å²) in [5.41, 5.74) is 5.57. The SMILES string of the molecule is COC(=O)C1CC=CC1N. The van der Waals surface area contributed by atoms with E-state index in [-0.39, 0.29) is 17.9 Å². The van der Waals surface area contributed by atoms with Crippen molar-refractivity contribution in [3.8, 4) is 0 Å². The number of ether oxygens (including phenoxy) is 1. The summed E-state index contributed by atoms with van der Waals surface area (Å²) < 4.78 is 4.55. The third-order valence-corrected chi connectivity index (χ3v) is 1.72. The number of carbonyl (C=O) groups excluding carboxylic acids is 1. The first kappa shape index (κ1) is 7.28. The molecule has 1 aliphatic rings. The van der Waals surface area contributed by atoms with Gasteiger partial charge in [-0.05, 0) is 6.42 Å². The Kier molecular flexibility index (Phi) is 2.06. The molecule has 0 aliphatic heterocycles. The van der Waals surface area contributed by atoms with Crippen LogP contribution < -0.4 is 5.73 Å². The van der Waals surface area contributed by atoms with E-state index < -0.39 is 0 Å². The van der Waals surface area contributed by atoms with Crippen LogP contribution in [-0.4, -0.2) is 19.1 Å². The highest BCUT2D eigenvalue weighted by Gasteiger charge is 2.26. The lowest BCUT2D eigenvalue weighted by molar-refractivity contribution is -0.145. The molecule has 56 valence electrons. The number of hydrogen-bond donors (Lipinski definition) is 1. The number of nitrogens with two attached hydrogens (primary N) is 1. The summed E-state index contributed by atoms with van der Waals surface area (Å²) >= 11 is 0. The Morgan fingerprint density at radius 3 is 2.90 bits per heavy atom. The molecule has 0 aromatic carbocycles. The van der Waals surface area contributed by atoms with Gasteiger partial charge in [0.25, 0.3) is 0 Å². The molecule has 2 unspecified atom stereocenters. The maximum Gasteiger partial charge on any atom is 0.310 e. The molecule has 0 amide bonds. The molecule has 0 fully saturated rings. The second-order valence-corrected chi connectivity index (χ2v) is 2.37. The van der Waals surface area contributed by atoms with Crippen molar-refractivity contribution in [2.75, 3.05) is 7.11 Å². The van der Waals surface area contributed by atoms with Crippen molar-refractivity contribution >= 4 is 5.97 Å². The van der Waals surface area contributed by atoms with Crippen molar-refractivity contribution in [2.24, 2.45) is 11.7 Å². The zero-order valence-corrected chi connectivity index (χ0v) is 5.91. The van der Waals surface area contributed by atoms with Crippen LogP contribution in [0.4, 0.5) is 0 Å². The van der Waals surface area contributed by atoms with Crippen LogP contribution in [-0.2, 0) is 9.53 Å². The zero-order valence-electron chi connectivity index (χ0n) is 5.91. The van der Waals surface area contributed by atoms with Crippen LogP contribution in [0.15, 0.2) is 12.2 Å². The van der Waals surface area contributed by atoms with E-state index in [4.69, 9.17) is 5.73 Å². The predicted octanol–water partition coefficient (Wildman–Crippen LogP) is 0.0628. The van der Waals surface area contributed by atoms with E-state index >= 15 is 0 Å². The summed E-state index contributed by atoms with van der Waals surface area (Å²) in [6.07, 6.45) is 4.46. The Morgan fingerprint density at radius 2 is 2.50 bits per heavy atom. The summed E-state index contributed by atoms with van der Waals surface area (Å²) in [5.74, 6) is -0.359. The molecule has 3 heteroatoms. The third kappa shape index (κ3) is 1.19. The molecule has 0 aromatic heterocycles. The molecule has 0 saturated carbocycles. The fourth-order valence-electron chi connectivity index (χ4n) is 1.08. The van der Waals surface area contributed by atoms with Gasteiger partial charge in [0.15, 0.2) is 0 Å². The molecule has 1 aliphatic carbocycles. The highest BCUT2D eigenvalue weighted by atomic mass is 16.5. The lowest BCUT2D eigenvalue weighted by Gasteiger charge is -2.11. The molecule has 3 nitrogen and oxygen atoms in total. The van der Waals surface area contributed by atoms with Crippen LogP contribution in [0.1, 0.15) is 6.42 Å². The Morgan fingerprint density at radius 1 is 1.80 bits per heavy atom. The van der Waals surface area contributed by atoms with Gasteiger partial charge in [0, 0.05) is 6.04 Å². The lowest BCUT2D eigenvalue weighted by atomic mass is 10.0. The van der Waals surface area contributed by atoms with E-state index in [0.717, 1.165) is 0 Å². The van der Waals surface area contributed by atoms with Gasteiger partial charge in [-0.2, -0.15) is 0 Å². The van der Waals surface area contributed by atoms with Crippen molar-refractivity contribution < 1.29 is 9.53 Å². The van der Waals surface area contributed by atoms with Crippen LogP contribution >= 0.6 is 0 Å². The number of allylic oxidation sites excluding steroid dienone is 1. The number of hydrogen-bond acceptors (Lipinski definition) is 3. The Hall–Kier alpha value is -0.830. The van der Waals surface area contributed by atoms with Gasteiger partial charge in [0.2, 0.25) is 0 Å². The molecular weight excluding hydrogens is 130 g/mol. The Balaban J connectivity index is 2.51. The molecule has 0 spiro atoms. The minimum atomic E-state index is -0.211.